The van der Waals surface area contributed by atoms with Gasteiger partial charge in [-0.05, 0) is 23.3 Å². The summed E-state index contributed by atoms with van der Waals surface area (Å²) in [7, 11) is -3.44. The molecule has 0 heterocycles. The summed E-state index contributed by atoms with van der Waals surface area (Å²) < 4.78 is 30.1. The molecule has 0 radical (unpaired) electrons. The van der Waals surface area contributed by atoms with E-state index in [0.29, 0.717) is 26.9 Å². The number of phenols is 1. The number of hydrogen-bond donors (Lipinski definition) is 1. The van der Waals surface area contributed by atoms with Crippen molar-refractivity contribution in [1.82, 2.24) is 0 Å². The molecule has 0 atom stereocenters. The summed E-state index contributed by atoms with van der Waals surface area (Å²) >= 11 is 0. The zero-order valence-corrected chi connectivity index (χ0v) is 18.0. The Labute approximate surface area is 186 Å². The lowest BCUT2D eigenvalue weighted by Gasteiger charge is -2.25. The second kappa shape index (κ2) is 8.11. The Morgan fingerprint density at radius 1 is 0.656 bits per heavy atom. The van der Waals surface area contributed by atoms with E-state index in [9.17, 15) is 9.50 Å². The van der Waals surface area contributed by atoms with Crippen LogP contribution in [-0.4, -0.2) is 5.11 Å². The maximum Gasteiger partial charge on any atom is 0.172 e. The fourth-order valence-corrected chi connectivity index (χ4v) is 7.32. The summed E-state index contributed by atoms with van der Waals surface area (Å²) in [6.07, 6.45) is 0. The maximum absolute atomic E-state index is 15.2. The molecule has 0 bridgehead atoms. The Bertz CT molecular complexity index is 1410. The van der Waals surface area contributed by atoms with Crippen LogP contribution in [-0.2, 0) is 4.57 Å². The Hall–Kier alpha value is -3.68. The summed E-state index contributed by atoms with van der Waals surface area (Å²) in [6.45, 7) is 0. The lowest BCUT2D eigenvalue weighted by molar-refractivity contribution is 0.479. The van der Waals surface area contributed by atoms with Crippen molar-refractivity contribution in [3.8, 4) is 16.9 Å². The minimum atomic E-state index is -3.44. The van der Waals surface area contributed by atoms with Crippen molar-refractivity contribution >= 4 is 33.8 Å². The van der Waals surface area contributed by atoms with E-state index in [1.54, 1.807) is 12.1 Å². The average Bonchev–Trinajstić information content (AvgIpc) is 2.85. The summed E-state index contributed by atoms with van der Waals surface area (Å²) in [4.78, 5) is 0. The van der Waals surface area contributed by atoms with E-state index in [0.717, 1.165) is 5.56 Å². The maximum atomic E-state index is 15.2. The molecular weight excluding hydrogens is 418 g/mol. The van der Waals surface area contributed by atoms with Gasteiger partial charge >= 0.3 is 0 Å². The molecular formula is C28H20FO2P. The molecule has 0 amide bonds. The number of benzene rings is 5. The molecule has 0 saturated carbocycles. The van der Waals surface area contributed by atoms with Crippen LogP contribution in [0.3, 0.4) is 0 Å². The molecule has 156 valence electrons. The van der Waals surface area contributed by atoms with Crippen molar-refractivity contribution in [2.75, 3.05) is 0 Å². The summed E-state index contributed by atoms with van der Waals surface area (Å²) in [5.41, 5.74) is 1.42. The third kappa shape index (κ3) is 3.23. The second-order valence-corrected chi connectivity index (χ2v) is 10.3. The molecule has 0 saturated heterocycles. The van der Waals surface area contributed by atoms with Gasteiger partial charge in [0.25, 0.3) is 0 Å². The molecule has 0 fully saturated rings. The number of halogens is 1. The lowest BCUT2D eigenvalue weighted by Crippen LogP contribution is -2.27. The Morgan fingerprint density at radius 2 is 1.19 bits per heavy atom. The molecule has 0 aliphatic carbocycles. The first-order chi connectivity index (χ1) is 15.6. The minimum absolute atomic E-state index is 0.0780. The van der Waals surface area contributed by atoms with Gasteiger partial charge in [-0.3, -0.25) is 0 Å². The highest BCUT2D eigenvalue weighted by Crippen LogP contribution is 2.49. The van der Waals surface area contributed by atoms with Crippen molar-refractivity contribution < 1.29 is 14.1 Å². The van der Waals surface area contributed by atoms with Crippen molar-refractivity contribution in [3.63, 3.8) is 0 Å². The smallest absolute Gasteiger partial charge is 0.172 e. The first-order valence-electron chi connectivity index (χ1n) is 10.3. The van der Waals surface area contributed by atoms with Gasteiger partial charge in [0.1, 0.15) is 11.6 Å². The molecule has 5 aromatic carbocycles. The SMILES string of the molecule is O=P(c1ccccc1)(c1ccccc1)c1c(-c2ccccc2)cc(O)c2c(F)cccc12. The van der Waals surface area contributed by atoms with Crippen molar-refractivity contribution in [2.24, 2.45) is 0 Å². The summed E-state index contributed by atoms with van der Waals surface area (Å²) in [5.74, 6) is -0.720. The van der Waals surface area contributed by atoms with Crippen molar-refractivity contribution in [2.45, 2.75) is 0 Å². The topological polar surface area (TPSA) is 37.3 Å². The van der Waals surface area contributed by atoms with Crippen LogP contribution in [0.2, 0.25) is 0 Å². The van der Waals surface area contributed by atoms with Crippen LogP contribution < -0.4 is 15.9 Å². The van der Waals surface area contributed by atoms with Gasteiger partial charge in [-0.15, -0.1) is 0 Å². The standard InChI is InChI=1S/C28H20FO2P/c29-25-18-10-17-23-27(25)26(30)19-24(20-11-4-1-5-12-20)28(23)32(31,21-13-6-2-7-14-21)22-15-8-3-9-16-22/h1-19,30H. The molecule has 0 aliphatic heterocycles. The Balaban J connectivity index is 2.01. The number of hydrogen-bond acceptors (Lipinski definition) is 2. The zero-order valence-electron chi connectivity index (χ0n) is 17.2. The first kappa shape index (κ1) is 20.2. The number of aromatic hydroxyl groups is 1. The fraction of sp³-hybridized carbons (Fsp3) is 0. The Kier molecular flexibility index (Phi) is 5.13. The molecule has 0 aliphatic rings. The summed E-state index contributed by atoms with van der Waals surface area (Å²) in [5, 5.41) is 13.1. The van der Waals surface area contributed by atoms with Crippen molar-refractivity contribution in [3.05, 3.63) is 121 Å². The van der Waals surface area contributed by atoms with Crippen molar-refractivity contribution in [1.29, 1.82) is 0 Å². The Morgan fingerprint density at radius 3 is 1.75 bits per heavy atom. The number of fused-ring (bicyclic) bond motifs is 1. The second-order valence-electron chi connectivity index (χ2n) is 7.60. The zero-order chi connectivity index (χ0) is 22.1. The van der Waals surface area contributed by atoms with Crippen LogP contribution in [0.5, 0.6) is 5.75 Å². The van der Waals surface area contributed by atoms with E-state index in [2.05, 4.69) is 0 Å². The summed E-state index contributed by atoms with van der Waals surface area (Å²) in [6, 6.07) is 34.3. The van der Waals surface area contributed by atoms with E-state index in [1.807, 2.05) is 91.0 Å². The number of rotatable bonds is 4. The lowest BCUT2D eigenvalue weighted by atomic mass is 10.00. The highest BCUT2D eigenvalue weighted by atomic mass is 31.2. The van der Waals surface area contributed by atoms with E-state index >= 15 is 4.57 Å². The predicted octanol–water partition coefficient (Wildman–Crippen LogP) is 5.99. The third-order valence-electron chi connectivity index (χ3n) is 5.70. The van der Waals surface area contributed by atoms with Gasteiger partial charge in [0.2, 0.25) is 0 Å². The minimum Gasteiger partial charge on any atom is -0.507 e. The van der Waals surface area contributed by atoms with E-state index in [4.69, 9.17) is 0 Å². The van der Waals surface area contributed by atoms with Gasteiger partial charge in [-0.25, -0.2) is 4.39 Å². The van der Waals surface area contributed by atoms with Gasteiger partial charge < -0.3 is 9.67 Å². The molecule has 2 nitrogen and oxygen atoms in total. The van der Waals surface area contributed by atoms with E-state index in [-0.39, 0.29) is 11.1 Å². The predicted molar refractivity (Wildman–Crippen MR) is 130 cm³/mol. The van der Waals surface area contributed by atoms with Crippen LogP contribution in [0.1, 0.15) is 0 Å². The van der Waals surface area contributed by atoms with E-state index in [1.165, 1.54) is 12.1 Å². The molecule has 1 N–H and O–H groups in total. The van der Waals surface area contributed by atoms with Gasteiger partial charge in [0.05, 0.1) is 5.39 Å². The van der Waals surface area contributed by atoms with Crippen LogP contribution in [0.25, 0.3) is 21.9 Å². The largest absolute Gasteiger partial charge is 0.507 e. The number of phenolic OH excluding ortho intramolecular Hbond substituents is 1. The molecule has 0 aromatic heterocycles. The van der Waals surface area contributed by atoms with Crippen LogP contribution in [0.15, 0.2) is 115 Å². The van der Waals surface area contributed by atoms with Gasteiger partial charge in [-0.2, -0.15) is 0 Å². The normalized spacial score (nSPS) is 11.5. The molecule has 5 rings (SSSR count). The average molecular weight is 438 g/mol. The van der Waals surface area contributed by atoms with Gasteiger partial charge in [-0.1, -0.05) is 103 Å². The van der Waals surface area contributed by atoms with Crippen LogP contribution >= 0.6 is 7.14 Å². The van der Waals surface area contributed by atoms with Gasteiger partial charge in [0, 0.05) is 21.3 Å². The molecule has 0 unspecified atom stereocenters. The molecule has 0 spiro atoms. The third-order valence-corrected chi connectivity index (χ3v) is 8.86. The van der Waals surface area contributed by atoms with Crippen LogP contribution in [0.4, 0.5) is 4.39 Å². The molecule has 4 heteroatoms. The molecule has 5 aromatic rings. The highest BCUT2D eigenvalue weighted by molar-refractivity contribution is 7.86. The van der Waals surface area contributed by atoms with Crippen LogP contribution in [0, 0.1) is 5.82 Å². The fourth-order valence-electron chi connectivity index (χ4n) is 4.26. The van der Waals surface area contributed by atoms with Gasteiger partial charge in [0.15, 0.2) is 7.14 Å². The highest BCUT2D eigenvalue weighted by Gasteiger charge is 2.35. The monoisotopic (exact) mass is 438 g/mol. The first-order valence-corrected chi connectivity index (χ1v) is 12.0. The quantitative estimate of drug-likeness (QED) is 0.350. The van der Waals surface area contributed by atoms with E-state index < -0.39 is 13.0 Å². The molecule has 32 heavy (non-hydrogen) atoms.